The minimum Gasteiger partial charge on any atom is -0.455 e. The van der Waals surface area contributed by atoms with Gasteiger partial charge in [0, 0.05) is 17.1 Å². The van der Waals surface area contributed by atoms with E-state index < -0.39 is 10.0 Å². The SMILES string of the molecule is O=C(Nc1ccccc1Oc1ccccc1)c1ccc2c(c1)CCN2S(=O)(=O)c1ccc(Cl)cc1. The summed E-state index contributed by atoms with van der Waals surface area (Å²) in [6.07, 6.45) is 0.511. The highest BCUT2D eigenvalue weighted by atomic mass is 35.5. The predicted molar refractivity (Wildman–Crippen MR) is 137 cm³/mol. The maximum Gasteiger partial charge on any atom is 0.264 e. The summed E-state index contributed by atoms with van der Waals surface area (Å²) in [4.78, 5) is 13.2. The van der Waals surface area contributed by atoms with Crippen molar-refractivity contribution in [3.63, 3.8) is 0 Å². The second kappa shape index (κ2) is 9.44. The highest BCUT2D eigenvalue weighted by Crippen LogP contribution is 2.35. The largest absolute Gasteiger partial charge is 0.455 e. The van der Waals surface area contributed by atoms with E-state index in [9.17, 15) is 13.2 Å². The van der Waals surface area contributed by atoms with E-state index in [4.69, 9.17) is 16.3 Å². The van der Waals surface area contributed by atoms with Gasteiger partial charge in [0.15, 0.2) is 5.75 Å². The number of ether oxygens (including phenoxy) is 1. The smallest absolute Gasteiger partial charge is 0.264 e. The average Bonchev–Trinajstić information content (AvgIpc) is 3.30. The Morgan fingerprint density at radius 1 is 0.886 bits per heavy atom. The number of carbonyl (C=O) groups excluding carboxylic acids is 1. The number of rotatable bonds is 6. The van der Waals surface area contributed by atoms with Gasteiger partial charge >= 0.3 is 0 Å². The minimum atomic E-state index is -3.73. The van der Waals surface area contributed by atoms with Crippen molar-refractivity contribution in [2.24, 2.45) is 0 Å². The van der Waals surface area contributed by atoms with Gasteiger partial charge in [-0.2, -0.15) is 0 Å². The first-order valence-electron chi connectivity index (χ1n) is 11.0. The number of hydrogen-bond acceptors (Lipinski definition) is 4. The summed E-state index contributed by atoms with van der Waals surface area (Å²) in [5.41, 5.74) is 2.34. The molecule has 8 heteroatoms. The van der Waals surface area contributed by atoms with Crippen molar-refractivity contribution in [3.05, 3.63) is 113 Å². The second-order valence-electron chi connectivity index (χ2n) is 7.99. The molecule has 1 heterocycles. The monoisotopic (exact) mass is 504 g/mol. The summed E-state index contributed by atoms with van der Waals surface area (Å²) in [5, 5.41) is 3.37. The normalized spacial score (nSPS) is 12.8. The van der Waals surface area contributed by atoms with Crippen LogP contribution in [0.2, 0.25) is 5.02 Å². The standard InChI is InChI=1S/C27H21ClN2O4S/c28-21-11-13-23(14-12-21)35(32,33)30-17-16-19-18-20(10-15-25(19)30)27(31)29-24-8-4-5-9-26(24)34-22-6-2-1-3-7-22/h1-15,18H,16-17H2,(H,29,31). The lowest BCUT2D eigenvalue weighted by atomic mass is 10.1. The van der Waals surface area contributed by atoms with Crippen LogP contribution in [0.1, 0.15) is 15.9 Å². The van der Waals surface area contributed by atoms with Crippen LogP contribution in [0, 0.1) is 0 Å². The average molecular weight is 505 g/mol. The molecule has 1 aliphatic heterocycles. The second-order valence-corrected chi connectivity index (χ2v) is 10.3. The van der Waals surface area contributed by atoms with Crippen LogP contribution in [0.4, 0.5) is 11.4 Å². The Bertz CT molecular complexity index is 1490. The summed E-state index contributed by atoms with van der Waals surface area (Å²) >= 11 is 5.90. The molecule has 176 valence electrons. The Morgan fingerprint density at radius 3 is 2.37 bits per heavy atom. The van der Waals surface area contributed by atoms with Crippen LogP contribution in [-0.4, -0.2) is 20.9 Å². The minimum absolute atomic E-state index is 0.173. The third-order valence-corrected chi connectivity index (χ3v) is 7.78. The molecule has 1 amide bonds. The zero-order valence-corrected chi connectivity index (χ0v) is 20.1. The van der Waals surface area contributed by atoms with Gasteiger partial charge in [0.1, 0.15) is 5.75 Å². The molecule has 1 N–H and O–H groups in total. The molecule has 0 aliphatic carbocycles. The highest BCUT2D eigenvalue weighted by Gasteiger charge is 2.31. The first-order chi connectivity index (χ1) is 16.9. The lowest BCUT2D eigenvalue weighted by molar-refractivity contribution is 0.102. The Morgan fingerprint density at radius 2 is 1.60 bits per heavy atom. The molecule has 0 saturated carbocycles. The summed E-state index contributed by atoms with van der Waals surface area (Å²) in [6.45, 7) is 0.305. The first kappa shape index (κ1) is 23.0. The molecular formula is C27H21ClN2O4S. The highest BCUT2D eigenvalue weighted by molar-refractivity contribution is 7.92. The number of anilines is 2. The molecule has 1 aliphatic rings. The Hall–Kier alpha value is -3.81. The van der Waals surface area contributed by atoms with Gasteiger partial charge in [0.25, 0.3) is 15.9 Å². The van der Waals surface area contributed by atoms with Crippen LogP contribution in [0.15, 0.2) is 102 Å². The van der Waals surface area contributed by atoms with Crippen LogP contribution < -0.4 is 14.4 Å². The molecule has 0 bridgehead atoms. The molecular weight excluding hydrogens is 484 g/mol. The predicted octanol–water partition coefficient (Wildman–Crippen LogP) is 6.14. The molecule has 0 fully saturated rings. The van der Waals surface area contributed by atoms with E-state index in [2.05, 4.69) is 5.32 Å². The van der Waals surface area contributed by atoms with Gasteiger partial charge in [-0.05, 0) is 78.7 Å². The van der Waals surface area contributed by atoms with Crippen LogP contribution in [0.3, 0.4) is 0 Å². The van der Waals surface area contributed by atoms with Crippen molar-refractivity contribution in [2.75, 3.05) is 16.2 Å². The summed E-state index contributed by atoms with van der Waals surface area (Å²) < 4.78 is 33.6. The molecule has 0 saturated heterocycles. The molecule has 5 rings (SSSR count). The van der Waals surface area contributed by atoms with Crippen molar-refractivity contribution in [3.8, 4) is 11.5 Å². The maximum atomic E-state index is 13.1. The van der Waals surface area contributed by atoms with E-state index in [1.165, 1.54) is 16.4 Å². The Balaban J connectivity index is 1.36. The number of para-hydroxylation sites is 3. The first-order valence-corrected chi connectivity index (χ1v) is 12.8. The van der Waals surface area contributed by atoms with Crippen molar-refractivity contribution >= 4 is 38.9 Å². The van der Waals surface area contributed by atoms with E-state index in [0.29, 0.717) is 46.4 Å². The molecule has 4 aromatic rings. The lowest BCUT2D eigenvalue weighted by Gasteiger charge is -2.20. The Kier molecular flexibility index (Phi) is 6.19. The van der Waals surface area contributed by atoms with Gasteiger partial charge in [0.2, 0.25) is 0 Å². The van der Waals surface area contributed by atoms with Gasteiger partial charge in [0.05, 0.1) is 16.3 Å². The molecule has 4 aromatic carbocycles. The number of halogens is 1. The van der Waals surface area contributed by atoms with E-state index in [1.807, 2.05) is 42.5 Å². The van der Waals surface area contributed by atoms with Crippen LogP contribution >= 0.6 is 11.6 Å². The molecule has 35 heavy (non-hydrogen) atoms. The van der Waals surface area contributed by atoms with Gasteiger partial charge in [-0.15, -0.1) is 0 Å². The fourth-order valence-electron chi connectivity index (χ4n) is 3.97. The molecule has 0 unspecified atom stereocenters. The maximum absolute atomic E-state index is 13.1. The van der Waals surface area contributed by atoms with E-state index in [-0.39, 0.29) is 10.8 Å². The quantitative estimate of drug-likeness (QED) is 0.342. The van der Waals surface area contributed by atoms with Crippen molar-refractivity contribution in [2.45, 2.75) is 11.3 Å². The van der Waals surface area contributed by atoms with E-state index in [1.54, 1.807) is 42.5 Å². The number of amides is 1. The van der Waals surface area contributed by atoms with Gasteiger partial charge in [-0.1, -0.05) is 41.9 Å². The van der Waals surface area contributed by atoms with Gasteiger partial charge in [-0.25, -0.2) is 8.42 Å². The van der Waals surface area contributed by atoms with Crippen LogP contribution in [0.5, 0.6) is 11.5 Å². The zero-order chi connectivity index (χ0) is 24.4. The molecule has 0 atom stereocenters. The summed E-state index contributed by atoms with van der Waals surface area (Å²) in [7, 11) is -3.73. The number of hydrogen-bond donors (Lipinski definition) is 1. The molecule has 0 radical (unpaired) electrons. The number of nitrogens with one attached hydrogen (secondary N) is 1. The topological polar surface area (TPSA) is 75.7 Å². The zero-order valence-electron chi connectivity index (χ0n) is 18.5. The Labute approximate surface area is 208 Å². The summed E-state index contributed by atoms with van der Waals surface area (Å²) in [5.74, 6) is 0.873. The fraction of sp³-hybridized carbons (Fsp3) is 0.0741. The van der Waals surface area contributed by atoms with E-state index in [0.717, 1.165) is 5.56 Å². The molecule has 6 nitrogen and oxygen atoms in total. The molecule has 0 aromatic heterocycles. The number of carbonyl (C=O) groups is 1. The van der Waals surface area contributed by atoms with Gasteiger partial charge in [-0.3, -0.25) is 9.10 Å². The summed E-state index contributed by atoms with van der Waals surface area (Å²) in [6, 6.07) is 27.7. The van der Waals surface area contributed by atoms with Gasteiger partial charge < -0.3 is 10.1 Å². The third kappa shape index (κ3) is 4.73. The van der Waals surface area contributed by atoms with E-state index >= 15 is 0 Å². The van der Waals surface area contributed by atoms with Crippen molar-refractivity contribution in [1.29, 1.82) is 0 Å². The van der Waals surface area contributed by atoms with Crippen LogP contribution in [-0.2, 0) is 16.4 Å². The number of sulfonamides is 1. The lowest BCUT2D eigenvalue weighted by Crippen LogP contribution is -2.29. The third-order valence-electron chi connectivity index (χ3n) is 5.70. The molecule has 0 spiro atoms. The van der Waals surface area contributed by atoms with Crippen molar-refractivity contribution in [1.82, 2.24) is 0 Å². The van der Waals surface area contributed by atoms with Crippen LogP contribution in [0.25, 0.3) is 0 Å². The number of nitrogens with zero attached hydrogens (tertiary/aromatic N) is 1. The fourth-order valence-corrected chi connectivity index (χ4v) is 5.59. The van der Waals surface area contributed by atoms with Crippen molar-refractivity contribution < 1.29 is 17.9 Å². The number of benzene rings is 4. The number of fused-ring (bicyclic) bond motifs is 1.